The van der Waals surface area contributed by atoms with Crippen LogP contribution in [-0.2, 0) is 12.8 Å². The first-order valence-electron chi connectivity index (χ1n) is 14.7. The zero-order valence-corrected chi connectivity index (χ0v) is 25.8. The molecule has 0 aliphatic carbocycles. The maximum atomic E-state index is 2.32. The highest BCUT2D eigenvalue weighted by atomic mass is 32.1. The Bertz CT molecular complexity index is 1300. The van der Waals surface area contributed by atoms with Crippen molar-refractivity contribution >= 4 is 34.0 Å². The van der Waals surface area contributed by atoms with Gasteiger partial charge in [-0.15, -0.1) is 34.0 Å². The van der Waals surface area contributed by atoms with E-state index in [-0.39, 0.29) is 0 Å². The minimum Gasteiger partial charge on any atom is -0.134 e. The van der Waals surface area contributed by atoms with Crippen molar-refractivity contribution in [2.24, 2.45) is 0 Å². The highest BCUT2D eigenvalue weighted by Crippen LogP contribution is 2.43. The van der Waals surface area contributed by atoms with E-state index in [0.717, 1.165) is 0 Å². The predicted octanol–water partition coefficient (Wildman–Crippen LogP) is 12.8. The second-order valence-electron chi connectivity index (χ2n) is 10.5. The van der Waals surface area contributed by atoms with Crippen LogP contribution >= 0.6 is 34.0 Å². The van der Waals surface area contributed by atoms with Gasteiger partial charge in [-0.1, -0.05) is 101 Å². The van der Waals surface area contributed by atoms with Crippen LogP contribution in [0.1, 0.15) is 76.3 Å². The fraction of sp³-hybridized carbons (Fsp3) is 0.333. The molecule has 0 unspecified atom stereocenters. The molecule has 3 heteroatoms. The van der Waals surface area contributed by atoms with Gasteiger partial charge in [-0.25, -0.2) is 0 Å². The molecule has 2 aromatic carbocycles. The first-order valence-corrected chi connectivity index (χ1v) is 17.2. The molecule has 0 amide bonds. The van der Waals surface area contributed by atoms with E-state index >= 15 is 0 Å². The monoisotopic (exact) mass is 568 g/mol. The van der Waals surface area contributed by atoms with Gasteiger partial charge in [0.2, 0.25) is 0 Å². The lowest BCUT2D eigenvalue weighted by Gasteiger charge is -2.03. The van der Waals surface area contributed by atoms with Crippen molar-refractivity contribution < 1.29 is 0 Å². The van der Waals surface area contributed by atoms with Crippen molar-refractivity contribution in [2.75, 3.05) is 0 Å². The number of aryl methyl sites for hydroxylation is 2. The Kier molecular flexibility index (Phi) is 10.3. The van der Waals surface area contributed by atoms with Gasteiger partial charge in [-0.2, -0.15) is 0 Å². The van der Waals surface area contributed by atoms with E-state index in [1.807, 2.05) is 34.0 Å². The molecule has 0 aliphatic rings. The molecular weight excluding hydrogens is 529 g/mol. The van der Waals surface area contributed by atoms with Gasteiger partial charge >= 0.3 is 0 Å². The average molecular weight is 569 g/mol. The molecule has 0 fully saturated rings. The number of hydrogen-bond donors (Lipinski definition) is 0. The van der Waals surface area contributed by atoms with Gasteiger partial charge in [0.1, 0.15) is 0 Å². The maximum absolute atomic E-state index is 2.32. The number of benzene rings is 2. The van der Waals surface area contributed by atoms with Gasteiger partial charge in [-0.3, -0.25) is 0 Å². The maximum Gasteiger partial charge on any atom is 0.0449 e. The largest absolute Gasteiger partial charge is 0.134 e. The first kappa shape index (κ1) is 28.1. The summed E-state index contributed by atoms with van der Waals surface area (Å²) in [5, 5.41) is 0. The summed E-state index contributed by atoms with van der Waals surface area (Å²) in [5.74, 6) is 0. The SMILES string of the molecule is CCCCCCc1ccc(-c2ccc(-c3ccc(-c4ccc(-c5ccc(CCCCCC)cc5)s4)s3)s2)cc1. The van der Waals surface area contributed by atoms with Crippen molar-refractivity contribution in [1.82, 2.24) is 0 Å². The zero-order chi connectivity index (χ0) is 26.9. The summed E-state index contributed by atoms with van der Waals surface area (Å²) in [6, 6.07) is 32.2. The minimum atomic E-state index is 1.20. The normalized spacial score (nSPS) is 11.3. The summed E-state index contributed by atoms with van der Waals surface area (Å²) in [7, 11) is 0. The van der Waals surface area contributed by atoms with E-state index in [0.29, 0.717) is 0 Å². The fourth-order valence-electron chi connectivity index (χ4n) is 5.04. The van der Waals surface area contributed by atoms with Crippen LogP contribution in [0.2, 0.25) is 0 Å². The van der Waals surface area contributed by atoms with Crippen LogP contribution in [0.15, 0.2) is 84.9 Å². The Morgan fingerprint density at radius 2 is 0.692 bits per heavy atom. The Morgan fingerprint density at radius 3 is 1.05 bits per heavy atom. The van der Waals surface area contributed by atoms with Crippen LogP contribution in [0.5, 0.6) is 0 Å². The number of rotatable bonds is 14. The third-order valence-electron chi connectivity index (χ3n) is 7.42. The lowest BCUT2D eigenvalue weighted by atomic mass is 10.0. The van der Waals surface area contributed by atoms with Crippen molar-refractivity contribution in [3.05, 3.63) is 96.1 Å². The van der Waals surface area contributed by atoms with E-state index < -0.39 is 0 Å². The van der Waals surface area contributed by atoms with Crippen molar-refractivity contribution in [2.45, 2.75) is 78.1 Å². The summed E-state index contributed by atoms with van der Waals surface area (Å²) in [4.78, 5) is 8.13. The van der Waals surface area contributed by atoms with Crippen LogP contribution < -0.4 is 0 Å². The van der Waals surface area contributed by atoms with E-state index in [9.17, 15) is 0 Å². The topological polar surface area (TPSA) is 0 Å². The van der Waals surface area contributed by atoms with Gasteiger partial charge in [0.05, 0.1) is 0 Å². The third-order valence-corrected chi connectivity index (χ3v) is 11.2. The van der Waals surface area contributed by atoms with Crippen LogP contribution in [0, 0.1) is 0 Å². The molecule has 39 heavy (non-hydrogen) atoms. The quantitative estimate of drug-likeness (QED) is 0.117. The van der Waals surface area contributed by atoms with Crippen molar-refractivity contribution in [3.8, 4) is 40.4 Å². The molecule has 0 atom stereocenters. The highest BCUT2D eigenvalue weighted by molar-refractivity contribution is 7.27. The predicted molar refractivity (Wildman–Crippen MR) is 178 cm³/mol. The fourth-order valence-corrected chi connectivity index (χ4v) is 8.25. The Morgan fingerprint density at radius 1 is 0.359 bits per heavy atom. The molecule has 0 N–H and O–H groups in total. The smallest absolute Gasteiger partial charge is 0.0449 e. The van der Waals surface area contributed by atoms with Gasteiger partial charge in [0, 0.05) is 29.3 Å². The van der Waals surface area contributed by atoms with E-state index in [4.69, 9.17) is 0 Å². The molecule has 0 saturated carbocycles. The van der Waals surface area contributed by atoms with Crippen molar-refractivity contribution in [1.29, 1.82) is 0 Å². The molecule has 5 rings (SSSR count). The van der Waals surface area contributed by atoms with E-state index in [1.165, 1.54) is 116 Å². The molecule has 0 saturated heterocycles. The molecule has 202 valence electrons. The molecule has 0 radical (unpaired) electrons. The summed E-state index contributed by atoms with van der Waals surface area (Å²) >= 11 is 5.71. The Balaban J connectivity index is 1.21. The Hall–Kier alpha value is -2.46. The summed E-state index contributed by atoms with van der Waals surface area (Å²) in [6.07, 6.45) is 13.0. The molecule has 0 nitrogen and oxygen atoms in total. The molecule has 0 aliphatic heterocycles. The van der Waals surface area contributed by atoms with Crippen LogP contribution in [0.25, 0.3) is 40.4 Å². The third kappa shape index (κ3) is 7.60. The average Bonchev–Trinajstić information content (AvgIpc) is 3.75. The lowest BCUT2D eigenvalue weighted by molar-refractivity contribution is 0.667. The molecular formula is C36H40S3. The van der Waals surface area contributed by atoms with Gasteiger partial charge in [0.25, 0.3) is 0 Å². The molecule has 5 aromatic rings. The van der Waals surface area contributed by atoms with Crippen molar-refractivity contribution in [3.63, 3.8) is 0 Å². The molecule has 0 spiro atoms. The van der Waals surface area contributed by atoms with Crippen LogP contribution in [0.4, 0.5) is 0 Å². The van der Waals surface area contributed by atoms with Gasteiger partial charge in [0.15, 0.2) is 0 Å². The Labute approximate surface area is 247 Å². The standard InChI is InChI=1S/C36H40S3/c1-3-5-7-9-11-27-13-17-29(18-14-27)31-21-23-33(37-31)35-25-26-36(39-35)34-24-22-32(38-34)30-19-15-28(16-20-30)12-10-8-6-4-2/h13-26H,3-12H2,1-2H3. The second kappa shape index (κ2) is 14.3. The van der Waals surface area contributed by atoms with E-state index in [2.05, 4.69) is 98.8 Å². The van der Waals surface area contributed by atoms with Crippen LogP contribution in [-0.4, -0.2) is 0 Å². The molecule has 3 heterocycles. The zero-order valence-electron chi connectivity index (χ0n) is 23.4. The number of hydrogen-bond acceptors (Lipinski definition) is 3. The van der Waals surface area contributed by atoms with Gasteiger partial charge < -0.3 is 0 Å². The minimum absolute atomic E-state index is 1.20. The lowest BCUT2D eigenvalue weighted by Crippen LogP contribution is -1.85. The van der Waals surface area contributed by atoms with Gasteiger partial charge in [-0.05, 0) is 84.3 Å². The summed E-state index contributed by atoms with van der Waals surface area (Å²) < 4.78 is 0. The molecule has 3 aromatic heterocycles. The number of unbranched alkanes of at least 4 members (excludes halogenated alkanes) is 6. The van der Waals surface area contributed by atoms with E-state index in [1.54, 1.807) is 0 Å². The second-order valence-corrected chi connectivity index (χ2v) is 13.8. The summed E-state index contributed by atoms with van der Waals surface area (Å²) in [6.45, 7) is 4.55. The summed E-state index contributed by atoms with van der Waals surface area (Å²) in [5.41, 5.74) is 5.58. The number of thiophene rings is 3. The molecule has 0 bridgehead atoms. The highest BCUT2D eigenvalue weighted by Gasteiger charge is 2.11. The first-order chi connectivity index (χ1) is 19.2. The van der Waals surface area contributed by atoms with Crippen LogP contribution in [0.3, 0.4) is 0 Å².